The fourth-order valence-corrected chi connectivity index (χ4v) is 1.69. The molecule has 0 saturated carbocycles. The van der Waals surface area contributed by atoms with E-state index in [1.54, 1.807) is 6.92 Å². The highest BCUT2D eigenvalue weighted by Gasteiger charge is 2.07. The fraction of sp³-hybridized carbons (Fsp3) is 0.182. The molecule has 0 atom stereocenters. The number of H-pyrrole nitrogens is 1. The molecule has 0 aliphatic rings. The Morgan fingerprint density at radius 1 is 1.19 bits per heavy atom. The highest BCUT2D eigenvalue weighted by molar-refractivity contribution is 5.80. The quantitative estimate of drug-likeness (QED) is 0.674. The number of aromatic nitrogens is 4. The molecular formula is C11H10N4O. The average Bonchev–Trinajstić information content (AvgIpc) is 2.81. The number of benzene rings is 1. The maximum Gasteiger partial charge on any atom is 0.223 e. The van der Waals surface area contributed by atoms with Crippen molar-refractivity contribution in [2.75, 3.05) is 0 Å². The molecule has 0 amide bonds. The van der Waals surface area contributed by atoms with Crippen molar-refractivity contribution in [2.45, 2.75) is 13.8 Å². The molecule has 0 bridgehead atoms. The van der Waals surface area contributed by atoms with Crippen molar-refractivity contribution in [1.82, 2.24) is 20.1 Å². The van der Waals surface area contributed by atoms with Crippen LogP contribution < -0.4 is 0 Å². The summed E-state index contributed by atoms with van der Waals surface area (Å²) in [5.74, 6) is 2.07. The Kier molecular flexibility index (Phi) is 1.80. The zero-order valence-corrected chi connectivity index (χ0v) is 8.98. The first-order valence-corrected chi connectivity index (χ1v) is 4.99. The van der Waals surface area contributed by atoms with E-state index in [-0.39, 0.29) is 0 Å². The van der Waals surface area contributed by atoms with Crippen molar-refractivity contribution in [3.05, 3.63) is 29.9 Å². The number of fused-ring (bicyclic) bond motifs is 1. The molecule has 0 aliphatic carbocycles. The van der Waals surface area contributed by atoms with Gasteiger partial charge in [0, 0.05) is 12.5 Å². The van der Waals surface area contributed by atoms with Crippen molar-refractivity contribution in [1.29, 1.82) is 0 Å². The van der Waals surface area contributed by atoms with Gasteiger partial charge in [-0.25, -0.2) is 4.98 Å². The summed E-state index contributed by atoms with van der Waals surface area (Å²) in [6, 6.07) is 5.85. The first-order valence-electron chi connectivity index (χ1n) is 4.99. The molecule has 80 valence electrons. The molecule has 5 nitrogen and oxygen atoms in total. The number of aryl methyl sites for hydroxylation is 2. The van der Waals surface area contributed by atoms with E-state index >= 15 is 0 Å². The number of nitrogens with one attached hydrogen (secondary N) is 1. The van der Waals surface area contributed by atoms with Crippen molar-refractivity contribution in [3.8, 4) is 11.4 Å². The van der Waals surface area contributed by atoms with E-state index in [1.165, 1.54) is 0 Å². The maximum atomic E-state index is 4.95. The Balaban J connectivity index is 2.17. The van der Waals surface area contributed by atoms with Gasteiger partial charge in [-0.1, -0.05) is 5.16 Å². The molecule has 3 rings (SSSR count). The van der Waals surface area contributed by atoms with Crippen molar-refractivity contribution >= 4 is 11.0 Å². The molecule has 3 aromatic rings. The van der Waals surface area contributed by atoms with Gasteiger partial charge in [0.15, 0.2) is 0 Å². The van der Waals surface area contributed by atoms with Gasteiger partial charge < -0.3 is 9.51 Å². The van der Waals surface area contributed by atoms with Gasteiger partial charge in [0.1, 0.15) is 5.82 Å². The van der Waals surface area contributed by atoms with Gasteiger partial charge in [-0.2, -0.15) is 4.98 Å². The molecule has 1 N–H and O–H groups in total. The predicted molar refractivity (Wildman–Crippen MR) is 58.9 cm³/mol. The lowest BCUT2D eigenvalue weighted by Gasteiger charge is -1.93. The minimum absolute atomic E-state index is 0.566. The highest BCUT2D eigenvalue weighted by Crippen LogP contribution is 2.20. The number of hydrogen-bond acceptors (Lipinski definition) is 4. The topological polar surface area (TPSA) is 67.6 Å². The molecule has 0 aliphatic heterocycles. The summed E-state index contributed by atoms with van der Waals surface area (Å²) in [6.07, 6.45) is 0. The summed E-state index contributed by atoms with van der Waals surface area (Å²) in [5, 5.41) is 3.88. The van der Waals surface area contributed by atoms with E-state index in [9.17, 15) is 0 Å². The SMILES string of the molecule is Cc1nc2ccc(-c3noc(C)n3)cc2[nH]1. The molecule has 2 heterocycles. The predicted octanol–water partition coefficient (Wildman–Crippen LogP) is 2.23. The second kappa shape index (κ2) is 3.16. The van der Waals surface area contributed by atoms with Gasteiger partial charge in [-0.15, -0.1) is 0 Å². The van der Waals surface area contributed by atoms with Crippen LogP contribution in [0.25, 0.3) is 22.4 Å². The minimum atomic E-state index is 0.566. The Bertz CT molecular complexity index is 653. The minimum Gasteiger partial charge on any atom is -0.342 e. The Labute approximate surface area is 91.5 Å². The van der Waals surface area contributed by atoms with E-state index in [0.717, 1.165) is 22.4 Å². The molecule has 0 spiro atoms. The van der Waals surface area contributed by atoms with Crippen LogP contribution in [0, 0.1) is 13.8 Å². The van der Waals surface area contributed by atoms with Gasteiger partial charge in [0.05, 0.1) is 11.0 Å². The van der Waals surface area contributed by atoms with Gasteiger partial charge in [-0.3, -0.25) is 0 Å². The Morgan fingerprint density at radius 3 is 2.81 bits per heavy atom. The standard InChI is InChI=1S/C11H10N4O/c1-6-12-9-4-3-8(5-10(9)13-6)11-14-7(2)16-15-11/h3-5H,1-2H3,(H,12,13). The van der Waals surface area contributed by atoms with Gasteiger partial charge >= 0.3 is 0 Å². The third-order valence-corrected chi connectivity index (χ3v) is 2.39. The fourth-order valence-electron chi connectivity index (χ4n) is 1.69. The summed E-state index contributed by atoms with van der Waals surface area (Å²) >= 11 is 0. The van der Waals surface area contributed by atoms with Crippen molar-refractivity contribution in [2.24, 2.45) is 0 Å². The zero-order chi connectivity index (χ0) is 11.1. The zero-order valence-electron chi connectivity index (χ0n) is 8.98. The summed E-state index contributed by atoms with van der Waals surface area (Å²) in [6.45, 7) is 3.70. The number of nitrogens with zero attached hydrogens (tertiary/aromatic N) is 3. The van der Waals surface area contributed by atoms with Crippen LogP contribution in [-0.2, 0) is 0 Å². The third-order valence-electron chi connectivity index (χ3n) is 2.39. The second-order valence-electron chi connectivity index (χ2n) is 3.69. The van der Waals surface area contributed by atoms with Gasteiger partial charge in [-0.05, 0) is 25.1 Å². The monoisotopic (exact) mass is 214 g/mol. The van der Waals surface area contributed by atoms with Crippen LogP contribution in [0.2, 0.25) is 0 Å². The second-order valence-corrected chi connectivity index (χ2v) is 3.69. The summed E-state index contributed by atoms with van der Waals surface area (Å²) in [5.41, 5.74) is 2.85. The first-order chi connectivity index (χ1) is 7.72. The number of imidazole rings is 1. The van der Waals surface area contributed by atoms with E-state index in [1.807, 2.05) is 25.1 Å². The highest BCUT2D eigenvalue weighted by atomic mass is 16.5. The van der Waals surface area contributed by atoms with Gasteiger partial charge in [0.2, 0.25) is 11.7 Å². The molecular weight excluding hydrogens is 204 g/mol. The van der Waals surface area contributed by atoms with Crippen LogP contribution >= 0.6 is 0 Å². The Morgan fingerprint density at radius 2 is 2.06 bits per heavy atom. The molecule has 0 radical (unpaired) electrons. The van der Waals surface area contributed by atoms with Crippen molar-refractivity contribution in [3.63, 3.8) is 0 Å². The number of rotatable bonds is 1. The normalized spacial score (nSPS) is 11.1. The lowest BCUT2D eigenvalue weighted by molar-refractivity contribution is 0.394. The summed E-state index contributed by atoms with van der Waals surface area (Å²) in [4.78, 5) is 11.7. The first kappa shape index (κ1) is 9.08. The van der Waals surface area contributed by atoms with Crippen LogP contribution in [0.5, 0.6) is 0 Å². The van der Waals surface area contributed by atoms with Crippen molar-refractivity contribution < 1.29 is 4.52 Å². The molecule has 0 unspecified atom stereocenters. The molecule has 2 aromatic heterocycles. The molecule has 5 heteroatoms. The lowest BCUT2D eigenvalue weighted by Crippen LogP contribution is -1.80. The maximum absolute atomic E-state index is 4.95. The van der Waals surface area contributed by atoms with Crippen LogP contribution in [-0.4, -0.2) is 20.1 Å². The largest absolute Gasteiger partial charge is 0.342 e. The number of hydrogen-bond donors (Lipinski definition) is 1. The molecule has 1 aromatic carbocycles. The van der Waals surface area contributed by atoms with E-state index in [2.05, 4.69) is 20.1 Å². The summed E-state index contributed by atoms with van der Waals surface area (Å²) in [7, 11) is 0. The van der Waals surface area contributed by atoms with Crippen LogP contribution in [0.15, 0.2) is 22.7 Å². The lowest BCUT2D eigenvalue weighted by atomic mass is 10.2. The Hall–Kier alpha value is -2.17. The average molecular weight is 214 g/mol. The van der Waals surface area contributed by atoms with E-state index < -0.39 is 0 Å². The molecule has 0 fully saturated rings. The number of aromatic amines is 1. The molecule has 0 saturated heterocycles. The third kappa shape index (κ3) is 1.37. The summed E-state index contributed by atoms with van der Waals surface area (Å²) < 4.78 is 4.95. The van der Waals surface area contributed by atoms with E-state index in [0.29, 0.717) is 11.7 Å². The van der Waals surface area contributed by atoms with Crippen LogP contribution in [0.4, 0.5) is 0 Å². The van der Waals surface area contributed by atoms with E-state index in [4.69, 9.17) is 4.52 Å². The van der Waals surface area contributed by atoms with Crippen LogP contribution in [0.1, 0.15) is 11.7 Å². The smallest absolute Gasteiger partial charge is 0.223 e. The van der Waals surface area contributed by atoms with Gasteiger partial charge in [0.25, 0.3) is 0 Å². The van der Waals surface area contributed by atoms with Crippen LogP contribution in [0.3, 0.4) is 0 Å². The molecule has 16 heavy (non-hydrogen) atoms.